The van der Waals surface area contributed by atoms with Gasteiger partial charge in [0.2, 0.25) is 0 Å². The van der Waals surface area contributed by atoms with Crippen LogP contribution in [0.25, 0.3) is 0 Å². The van der Waals surface area contributed by atoms with Gasteiger partial charge in [0, 0.05) is 7.05 Å². The Morgan fingerprint density at radius 1 is 1.67 bits per heavy atom. The molecule has 12 heavy (non-hydrogen) atoms. The lowest BCUT2D eigenvalue weighted by molar-refractivity contribution is -0.120. The van der Waals surface area contributed by atoms with Gasteiger partial charge in [-0.05, 0) is 6.92 Å². The highest BCUT2D eigenvalue weighted by Crippen LogP contribution is 2.16. The summed E-state index contributed by atoms with van der Waals surface area (Å²) in [4.78, 5) is 17.9. The van der Waals surface area contributed by atoms with Gasteiger partial charge in [0.1, 0.15) is 0 Å². The van der Waals surface area contributed by atoms with Crippen LogP contribution in [-0.2, 0) is 4.79 Å². The van der Waals surface area contributed by atoms with Gasteiger partial charge in [0.25, 0.3) is 12.4 Å². The van der Waals surface area contributed by atoms with Crippen LogP contribution in [0.2, 0.25) is 0 Å². The molecule has 5 nitrogen and oxygen atoms in total. The molecule has 0 unspecified atom stereocenters. The molecule has 0 amide bonds. The van der Waals surface area contributed by atoms with Crippen molar-refractivity contribution in [1.29, 1.82) is 0 Å². The lowest BCUT2D eigenvalue weighted by atomic mass is 10.5. The number of carbonyl (C=O) groups excluding carboxylic acids is 1. The van der Waals surface area contributed by atoms with Crippen LogP contribution in [0.1, 0.15) is 5.69 Å². The second-order valence-electron chi connectivity index (χ2n) is 2.13. The number of rotatable bonds is 3. The van der Waals surface area contributed by atoms with Crippen LogP contribution in [0.15, 0.2) is 6.20 Å². The molecule has 0 spiro atoms. The number of carbonyl (C=O) groups is 1. The predicted molar refractivity (Wildman–Crippen MR) is 43.0 cm³/mol. The standard InChI is InChI=1S/C7H9N3O2/c1-5-3-9-6(8-2)7(10-5)12-4-11/h3-4H,1-2H3,(H,8,9). The normalized spacial score (nSPS) is 9.17. The van der Waals surface area contributed by atoms with Crippen LogP contribution in [0, 0.1) is 6.92 Å². The number of hydrogen-bond acceptors (Lipinski definition) is 5. The summed E-state index contributed by atoms with van der Waals surface area (Å²) in [5.41, 5.74) is 0.700. The summed E-state index contributed by atoms with van der Waals surface area (Å²) in [5.74, 6) is 0.653. The van der Waals surface area contributed by atoms with Gasteiger partial charge in [0.05, 0.1) is 11.9 Å². The topological polar surface area (TPSA) is 64.1 Å². The molecule has 64 valence electrons. The van der Waals surface area contributed by atoms with Crippen molar-refractivity contribution in [3.63, 3.8) is 0 Å². The van der Waals surface area contributed by atoms with Crippen LogP contribution in [0.3, 0.4) is 0 Å². The SMILES string of the molecule is CNc1ncc(C)nc1OC=O. The molecule has 0 bridgehead atoms. The fourth-order valence-electron chi connectivity index (χ4n) is 0.754. The van der Waals surface area contributed by atoms with E-state index in [-0.39, 0.29) is 5.88 Å². The summed E-state index contributed by atoms with van der Waals surface area (Å²) in [6.07, 6.45) is 1.59. The minimum atomic E-state index is 0.201. The second-order valence-corrected chi connectivity index (χ2v) is 2.13. The fourth-order valence-corrected chi connectivity index (χ4v) is 0.754. The highest BCUT2D eigenvalue weighted by Gasteiger charge is 2.04. The predicted octanol–water partition coefficient (Wildman–Crippen LogP) is 0.362. The van der Waals surface area contributed by atoms with E-state index < -0.39 is 0 Å². The molecule has 0 aromatic carbocycles. The van der Waals surface area contributed by atoms with E-state index in [0.29, 0.717) is 18.0 Å². The van der Waals surface area contributed by atoms with E-state index in [1.807, 2.05) is 0 Å². The van der Waals surface area contributed by atoms with E-state index >= 15 is 0 Å². The molecule has 0 aliphatic heterocycles. The molecular weight excluding hydrogens is 158 g/mol. The van der Waals surface area contributed by atoms with E-state index in [1.165, 1.54) is 0 Å². The Morgan fingerprint density at radius 2 is 2.42 bits per heavy atom. The van der Waals surface area contributed by atoms with Crippen molar-refractivity contribution in [3.8, 4) is 5.88 Å². The molecule has 1 rings (SSSR count). The number of nitrogens with one attached hydrogen (secondary N) is 1. The van der Waals surface area contributed by atoms with Crippen molar-refractivity contribution in [2.75, 3.05) is 12.4 Å². The maximum Gasteiger partial charge on any atom is 0.299 e. The molecule has 0 atom stereocenters. The quantitative estimate of drug-likeness (QED) is 0.658. The number of aryl methyl sites for hydroxylation is 1. The largest absolute Gasteiger partial charge is 0.406 e. The molecule has 0 fully saturated rings. The smallest absolute Gasteiger partial charge is 0.299 e. The molecule has 1 aromatic rings. The molecule has 1 N–H and O–H groups in total. The average molecular weight is 167 g/mol. The van der Waals surface area contributed by atoms with Crippen molar-refractivity contribution < 1.29 is 9.53 Å². The molecule has 5 heteroatoms. The summed E-state index contributed by atoms with van der Waals surface area (Å²) in [7, 11) is 1.68. The van der Waals surface area contributed by atoms with Gasteiger partial charge in [-0.25, -0.2) is 9.97 Å². The monoisotopic (exact) mass is 167 g/mol. The third kappa shape index (κ3) is 1.69. The molecule has 1 heterocycles. The third-order valence-electron chi connectivity index (χ3n) is 1.26. The first-order valence-corrected chi connectivity index (χ1v) is 3.39. The second kappa shape index (κ2) is 3.66. The van der Waals surface area contributed by atoms with Crippen molar-refractivity contribution in [3.05, 3.63) is 11.9 Å². The van der Waals surface area contributed by atoms with Gasteiger partial charge < -0.3 is 10.1 Å². The zero-order valence-corrected chi connectivity index (χ0v) is 6.87. The summed E-state index contributed by atoms with van der Waals surface area (Å²) < 4.78 is 4.59. The molecule has 0 radical (unpaired) electrons. The van der Waals surface area contributed by atoms with E-state index in [2.05, 4.69) is 20.0 Å². The number of aromatic nitrogens is 2. The van der Waals surface area contributed by atoms with Crippen molar-refractivity contribution >= 4 is 12.3 Å². The molecule has 0 saturated heterocycles. The summed E-state index contributed by atoms with van der Waals surface area (Å²) >= 11 is 0. The Morgan fingerprint density at radius 3 is 3.00 bits per heavy atom. The summed E-state index contributed by atoms with van der Waals surface area (Å²) in [6.45, 7) is 2.09. The third-order valence-corrected chi connectivity index (χ3v) is 1.26. The molecule has 0 aliphatic rings. The molecular formula is C7H9N3O2. The maximum absolute atomic E-state index is 10.0. The minimum absolute atomic E-state index is 0.201. The molecule has 1 aromatic heterocycles. The maximum atomic E-state index is 10.0. The molecule has 0 saturated carbocycles. The van der Waals surface area contributed by atoms with Crippen LogP contribution in [0.4, 0.5) is 5.82 Å². The number of hydrogen-bond donors (Lipinski definition) is 1. The Labute approximate surface area is 69.8 Å². The van der Waals surface area contributed by atoms with Crippen LogP contribution in [0.5, 0.6) is 5.88 Å². The lowest BCUT2D eigenvalue weighted by Crippen LogP contribution is -2.01. The van der Waals surface area contributed by atoms with Gasteiger partial charge in [-0.15, -0.1) is 0 Å². The van der Waals surface area contributed by atoms with Crippen LogP contribution >= 0.6 is 0 Å². The average Bonchev–Trinajstić information content (AvgIpc) is 2.05. The highest BCUT2D eigenvalue weighted by molar-refractivity contribution is 5.52. The molecule has 0 aliphatic carbocycles. The van der Waals surface area contributed by atoms with Gasteiger partial charge in [0.15, 0.2) is 5.82 Å². The van der Waals surface area contributed by atoms with Gasteiger partial charge >= 0.3 is 0 Å². The Kier molecular flexibility index (Phi) is 2.57. The van der Waals surface area contributed by atoms with Crippen molar-refractivity contribution in [2.24, 2.45) is 0 Å². The Balaban J connectivity index is 3.03. The lowest BCUT2D eigenvalue weighted by Gasteiger charge is -2.03. The minimum Gasteiger partial charge on any atom is -0.406 e. The highest BCUT2D eigenvalue weighted by atomic mass is 16.5. The summed E-state index contributed by atoms with van der Waals surface area (Å²) in [6, 6.07) is 0. The van der Waals surface area contributed by atoms with Crippen LogP contribution < -0.4 is 10.1 Å². The van der Waals surface area contributed by atoms with Gasteiger partial charge in [-0.2, -0.15) is 0 Å². The number of nitrogens with zero attached hydrogens (tertiary/aromatic N) is 2. The summed E-state index contributed by atoms with van der Waals surface area (Å²) in [5, 5.41) is 2.75. The fraction of sp³-hybridized carbons (Fsp3) is 0.286. The number of ether oxygens (including phenoxy) is 1. The van der Waals surface area contributed by atoms with E-state index in [4.69, 9.17) is 0 Å². The first kappa shape index (κ1) is 8.45. The van der Waals surface area contributed by atoms with Crippen molar-refractivity contribution in [1.82, 2.24) is 9.97 Å². The van der Waals surface area contributed by atoms with Crippen LogP contribution in [-0.4, -0.2) is 23.5 Å². The van der Waals surface area contributed by atoms with Gasteiger partial charge in [-0.3, -0.25) is 4.79 Å². The van der Waals surface area contributed by atoms with E-state index in [0.717, 1.165) is 0 Å². The first-order chi connectivity index (χ1) is 5.77. The van der Waals surface area contributed by atoms with E-state index in [9.17, 15) is 4.79 Å². The van der Waals surface area contributed by atoms with E-state index in [1.54, 1.807) is 20.2 Å². The van der Waals surface area contributed by atoms with Crippen molar-refractivity contribution in [2.45, 2.75) is 6.92 Å². The number of anilines is 1. The first-order valence-electron chi connectivity index (χ1n) is 3.39. The zero-order valence-electron chi connectivity index (χ0n) is 6.87. The zero-order chi connectivity index (χ0) is 8.97. The Hall–Kier alpha value is -1.65. The Bertz CT molecular complexity index is 288. The van der Waals surface area contributed by atoms with Gasteiger partial charge in [-0.1, -0.05) is 0 Å².